The summed E-state index contributed by atoms with van der Waals surface area (Å²) in [7, 11) is -3.70. The molecule has 0 aliphatic carbocycles. The fourth-order valence-electron chi connectivity index (χ4n) is 1.99. The van der Waals surface area contributed by atoms with Gasteiger partial charge in [-0.15, -0.1) is 0 Å². The molecule has 0 aliphatic rings. The van der Waals surface area contributed by atoms with Gasteiger partial charge in [0.1, 0.15) is 0 Å². The molecule has 2 aromatic carbocycles. The van der Waals surface area contributed by atoms with Crippen molar-refractivity contribution in [2.75, 3.05) is 11.1 Å². The van der Waals surface area contributed by atoms with Crippen LogP contribution in [0.5, 0.6) is 0 Å². The summed E-state index contributed by atoms with van der Waals surface area (Å²) in [5.74, 6) is -2.66. The average Bonchev–Trinajstić information content (AvgIpc) is 2.48. The molecule has 1 atom stereocenters. The van der Waals surface area contributed by atoms with Crippen LogP contribution in [0.3, 0.4) is 0 Å². The van der Waals surface area contributed by atoms with Gasteiger partial charge in [-0.1, -0.05) is 46.3 Å². The van der Waals surface area contributed by atoms with E-state index in [9.17, 15) is 17.2 Å². The molecule has 2 nitrogen and oxygen atoms in total. The van der Waals surface area contributed by atoms with E-state index in [1.807, 2.05) is 30.3 Å². The Morgan fingerprint density at radius 1 is 1.00 bits per heavy atom. The molecule has 0 bridgehead atoms. The topological polar surface area (TPSA) is 34.1 Å². The molecular weight excluding hydrogens is 362 g/mol. The van der Waals surface area contributed by atoms with Crippen LogP contribution >= 0.6 is 15.9 Å². The van der Waals surface area contributed by atoms with Crippen molar-refractivity contribution < 1.29 is 17.2 Å². The molecule has 0 radical (unpaired) electrons. The zero-order valence-corrected chi connectivity index (χ0v) is 13.4. The van der Waals surface area contributed by atoms with Gasteiger partial charge < -0.3 is 0 Å². The molecule has 21 heavy (non-hydrogen) atoms. The summed E-state index contributed by atoms with van der Waals surface area (Å²) in [6.45, 7) is 0. The maximum absolute atomic E-state index is 13.2. The van der Waals surface area contributed by atoms with Gasteiger partial charge in [0.25, 0.3) is 0 Å². The van der Waals surface area contributed by atoms with Crippen LogP contribution in [0, 0.1) is 11.6 Å². The number of halogens is 3. The highest BCUT2D eigenvalue weighted by Crippen LogP contribution is 2.24. The van der Waals surface area contributed by atoms with E-state index in [0.717, 1.165) is 23.8 Å². The summed E-state index contributed by atoms with van der Waals surface area (Å²) in [6.07, 6.45) is 0. The monoisotopic (exact) mass is 374 g/mol. The lowest BCUT2D eigenvalue weighted by Crippen LogP contribution is -2.16. The van der Waals surface area contributed by atoms with Gasteiger partial charge in [-0.05, 0) is 23.8 Å². The van der Waals surface area contributed by atoms with Crippen molar-refractivity contribution in [1.29, 1.82) is 0 Å². The Balaban J connectivity index is 2.29. The van der Waals surface area contributed by atoms with Crippen LogP contribution in [0.4, 0.5) is 8.78 Å². The van der Waals surface area contributed by atoms with Crippen LogP contribution < -0.4 is 0 Å². The lowest BCUT2D eigenvalue weighted by Gasteiger charge is -2.15. The summed E-state index contributed by atoms with van der Waals surface area (Å²) in [5, 5.41) is 0.458. The van der Waals surface area contributed by atoms with E-state index in [-0.39, 0.29) is 16.6 Å². The average molecular weight is 375 g/mol. The van der Waals surface area contributed by atoms with Crippen LogP contribution in [0.25, 0.3) is 0 Å². The lowest BCUT2D eigenvalue weighted by atomic mass is 10.0. The molecule has 0 saturated heterocycles. The largest absolute Gasteiger partial charge is 0.224 e. The fourth-order valence-corrected chi connectivity index (χ4v) is 4.48. The second-order valence-corrected chi connectivity index (χ2v) is 7.30. The van der Waals surface area contributed by atoms with Gasteiger partial charge in [-0.25, -0.2) is 17.2 Å². The minimum Gasteiger partial charge on any atom is -0.224 e. The van der Waals surface area contributed by atoms with Crippen LogP contribution in [-0.4, -0.2) is 19.5 Å². The molecule has 0 aliphatic heterocycles. The molecule has 0 fully saturated rings. The maximum atomic E-state index is 13.2. The van der Waals surface area contributed by atoms with Crippen molar-refractivity contribution in [2.45, 2.75) is 10.8 Å². The molecule has 0 saturated carbocycles. The quantitative estimate of drug-likeness (QED) is 0.587. The molecule has 0 amide bonds. The molecule has 0 aromatic heterocycles. The van der Waals surface area contributed by atoms with Crippen molar-refractivity contribution in [2.24, 2.45) is 0 Å². The smallest absolute Gasteiger partial charge is 0.179 e. The molecule has 0 N–H and O–H groups in total. The summed E-state index contributed by atoms with van der Waals surface area (Å²) in [4.78, 5) is -0.205. The third kappa shape index (κ3) is 3.89. The predicted octanol–water partition coefficient (Wildman–Crippen LogP) is 3.92. The van der Waals surface area contributed by atoms with E-state index in [4.69, 9.17) is 0 Å². The Bertz CT molecular complexity index is 718. The van der Waals surface area contributed by atoms with Crippen LogP contribution in [0.2, 0.25) is 0 Å². The van der Waals surface area contributed by atoms with E-state index < -0.39 is 21.5 Å². The van der Waals surface area contributed by atoms with Crippen LogP contribution in [0.15, 0.2) is 53.4 Å². The number of sulfone groups is 1. The van der Waals surface area contributed by atoms with Gasteiger partial charge in [0.15, 0.2) is 21.5 Å². The molecule has 0 heterocycles. The third-order valence-corrected chi connectivity index (χ3v) is 5.72. The summed E-state index contributed by atoms with van der Waals surface area (Å²) >= 11 is 3.31. The normalized spacial score (nSPS) is 13.1. The maximum Gasteiger partial charge on any atom is 0.179 e. The molecule has 6 heteroatoms. The Labute approximate surface area is 130 Å². The fraction of sp³-hybridized carbons (Fsp3) is 0.200. The first-order valence-electron chi connectivity index (χ1n) is 6.23. The van der Waals surface area contributed by atoms with Crippen molar-refractivity contribution in [3.05, 3.63) is 65.7 Å². The molecule has 2 aromatic rings. The minimum atomic E-state index is -3.70. The van der Waals surface area contributed by atoms with E-state index in [1.54, 1.807) is 0 Å². The minimum absolute atomic E-state index is 0.173. The Morgan fingerprint density at radius 3 is 2.24 bits per heavy atom. The van der Waals surface area contributed by atoms with E-state index >= 15 is 0 Å². The summed E-state index contributed by atoms with van der Waals surface area (Å²) in [6, 6.07) is 11.8. The first kappa shape index (κ1) is 16.1. The Morgan fingerprint density at radius 2 is 1.67 bits per heavy atom. The number of hydrogen-bond acceptors (Lipinski definition) is 2. The molecular formula is C15H13BrF2O2S. The van der Waals surface area contributed by atoms with Crippen molar-refractivity contribution in [3.63, 3.8) is 0 Å². The molecule has 1 unspecified atom stereocenters. The van der Waals surface area contributed by atoms with Gasteiger partial charge in [-0.3, -0.25) is 0 Å². The molecule has 2 rings (SSSR count). The van der Waals surface area contributed by atoms with E-state index in [1.165, 1.54) is 0 Å². The number of hydrogen-bond donors (Lipinski definition) is 0. The van der Waals surface area contributed by atoms with Crippen molar-refractivity contribution in [1.82, 2.24) is 0 Å². The van der Waals surface area contributed by atoms with Gasteiger partial charge in [0.05, 0.1) is 10.6 Å². The highest BCUT2D eigenvalue weighted by molar-refractivity contribution is 9.09. The molecule has 0 spiro atoms. The zero-order chi connectivity index (χ0) is 15.5. The summed E-state index contributed by atoms with van der Waals surface area (Å²) < 4.78 is 50.8. The lowest BCUT2D eigenvalue weighted by molar-refractivity contribution is 0.504. The number of benzene rings is 2. The highest BCUT2D eigenvalue weighted by Gasteiger charge is 2.23. The predicted molar refractivity (Wildman–Crippen MR) is 81.4 cm³/mol. The van der Waals surface area contributed by atoms with Gasteiger partial charge in [-0.2, -0.15) is 0 Å². The zero-order valence-electron chi connectivity index (χ0n) is 11.0. The number of alkyl halides is 1. The third-order valence-electron chi connectivity index (χ3n) is 3.13. The van der Waals surface area contributed by atoms with Gasteiger partial charge in [0, 0.05) is 11.2 Å². The second kappa shape index (κ2) is 6.66. The van der Waals surface area contributed by atoms with Gasteiger partial charge in [0.2, 0.25) is 0 Å². The van der Waals surface area contributed by atoms with Crippen LogP contribution in [-0.2, 0) is 9.84 Å². The van der Waals surface area contributed by atoms with Crippen molar-refractivity contribution in [3.8, 4) is 0 Å². The van der Waals surface area contributed by atoms with Crippen LogP contribution in [0.1, 0.15) is 11.5 Å². The SMILES string of the molecule is O=S(=O)(CC(CBr)c1ccccc1)c1ccc(F)c(F)c1. The summed E-state index contributed by atoms with van der Waals surface area (Å²) in [5.41, 5.74) is 0.875. The first-order valence-corrected chi connectivity index (χ1v) is 9.00. The first-order chi connectivity index (χ1) is 9.94. The van der Waals surface area contributed by atoms with Crippen molar-refractivity contribution >= 4 is 25.8 Å². The second-order valence-electron chi connectivity index (χ2n) is 4.62. The number of rotatable bonds is 5. The van der Waals surface area contributed by atoms with E-state index in [0.29, 0.717) is 5.33 Å². The highest BCUT2D eigenvalue weighted by atomic mass is 79.9. The van der Waals surface area contributed by atoms with Gasteiger partial charge >= 0.3 is 0 Å². The van der Waals surface area contributed by atoms with E-state index in [2.05, 4.69) is 15.9 Å². The Kier molecular flexibility index (Phi) is 5.11. The molecule has 112 valence electrons. The standard InChI is InChI=1S/C15H13BrF2O2S/c16-9-12(11-4-2-1-3-5-11)10-21(19,20)13-6-7-14(17)15(18)8-13/h1-8,12H,9-10H2. The Hall–Kier alpha value is -1.27.